The van der Waals surface area contributed by atoms with E-state index >= 15 is 4.39 Å². The highest BCUT2D eigenvalue weighted by atomic mass is 35.5. The number of nitrogen functional groups attached to an aromatic ring is 1. The number of ether oxygens (including phenoxy) is 1. The Kier molecular flexibility index (Phi) is 6.67. The monoisotopic (exact) mass is 625 g/mol. The number of rotatable bonds is 5. The van der Waals surface area contributed by atoms with Crippen molar-refractivity contribution in [2.75, 3.05) is 50.0 Å². The molecule has 0 aliphatic carbocycles. The normalized spacial score (nSPS) is 23.7. The first-order chi connectivity index (χ1) is 20.8. The Hall–Kier alpha value is -2.86. The van der Waals surface area contributed by atoms with Crippen LogP contribution in [0.2, 0.25) is 5.02 Å². The molecule has 1 unspecified atom stereocenters. The van der Waals surface area contributed by atoms with Crippen molar-refractivity contribution < 1.29 is 13.5 Å². The van der Waals surface area contributed by atoms with Crippen molar-refractivity contribution in [1.29, 1.82) is 0 Å². The lowest BCUT2D eigenvalue weighted by molar-refractivity contribution is 0.108. The molecule has 1 spiro atoms. The molecule has 8 rings (SSSR count). The van der Waals surface area contributed by atoms with Crippen molar-refractivity contribution in [3.63, 3.8) is 0 Å². The van der Waals surface area contributed by atoms with E-state index in [0.29, 0.717) is 23.4 Å². The van der Waals surface area contributed by atoms with E-state index in [0.717, 1.165) is 89.0 Å². The van der Waals surface area contributed by atoms with Crippen LogP contribution in [-0.2, 0) is 0 Å². The minimum Gasteiger partial charge on any atom is -0.461 e. The lowest BCUT2D eigenvalue weighted by atomic mass is 9.81. The van der Waals surface area contributed by atoms with E-state index in [1.54, 1.807) is 6.07 Å². The highest BCUT2D eigenvalue weighted by molar-refractivity contribution is 7.22. The number of nitrogens with one attached hydrogen (secondary N) is 1. The molecule has 3 N–H and O–H groups in total. The first-order valence-corrected chi connectivity index (χ1v) is 16.5. The van der Waals surface area contributed by atoms with Gasteiger partial charge in [0.05, 0.1) is 20.8 Å². The van der Waals surface area contributed by atoms with Gasteiger partial charge in [-0.25, -0.2) is 13.8 Å². The predicted molar refractivity (Wildman–Crippen MR) is 167 cm³/mol. The van der Waals surface area contributed by atoms with Crippen LogP contribution in [0.4, 0.5) is 19.7 Å². The second kappa shape index (κ2) is 10.4. The maximum atomic E-state index is 16.8. The SMILES string of the molecule is Nc1nc2c(-c3c(Cl)cc4c(N5CCCC6(CCN6)CC5)nc(OCC56CCCN5CCC6)nc4c3F)ccc(F)c2s1. The number of hydrogen-bond acceptors (Lipinski definition) is 9. The summed E-state index contributed by atoms with van der Waals surface area (Å²) in [7, 11) is 0. The summed E-state index contributed by atoms with van der Waals surface area (Å²) in [6.07, 6.45) is 8.74. The largest absolute Gasteiger partial charge is 0.461 e. The summed E-state index contributed by atoms with van der Waals surface area (Å²) in [5, 5.41) is 4.57. The lowest BCUT2D eigenvalue weighted by Gasteiger charge is -2.43. The van der Waals surface area contributed by atoms with Crippen LogP contribution in [0.25, 0.3) is 32.2 Å². The summed E-state index contributed by atoms with van der Waals surface area (Å²) in [5.41, 5.74) is 7.01. The Balaban J connectivity index is 1.25. The molecular weight excluding hydrogens is 592 g/mol. The van der Waals surface area contributed by atoms with Crippen LogP contribution < -0.4 is 20.7 Å². The van der Waals surface area contributed by atoms with Crippen LogP contribution in [0.5, 0.6) is 6.01 Å². The first kappa shape index (κ1) is 27.7. The molecule has 4 aliphatic heterocycles. The third-order valence-electron chi connectivity index (χ3n) is 10.3. The summed E-state index contributed by atoms with van der Waals surface area (Å²) in [4.78, 5) is 18.7. The van der Waals surface area contributed by atoms with Crippen LogP contribution in [0.15, 0.2) is 18.2 Å². The molecular formula is C31H34ClF2N7OS. The minimum absolute atomic E-state index is 0.00265. The molecule has 0 radical (unpaired) electrons. The Morgan fingerprint density at radius 3 is 2.53 bits per heavy atom. The average Bonchev–Trinajstić information content (AvgIpc) is 3.62. The Bertz CT molecular complexity index is 1730. The number of thiazole rings is 1. The van der Waals surface area contributed by atoms with Gasteiger partial charge in [-0.3, -0.25) is 4.90 Å². The van der Waals surface area contributed by atoms with Crippen molar-refractivity contribution >= 4 is 55.0 Å². The van der Waals surface area contributed by atoms with E-state index in [1.807, 2.05) is 0 Å². The van der Waals surface area contributed by atoms with E-state index < -0.39 is 11.6 Å². The zero-order valence-electron chi connectivity index (χ0n) is 23.9. The molecule has 6 heterocycles. The Morgan fingerprint density at radius 1 is 0.977 bits per heavy atom. The smallest absolute Gasteiger partial charge is 0.319 e. The van der Waals surface area contributed by atoms with Gasteiger partial charge in [0.2, 0.25) is 0 Å². The van der Waals surface area contributed by atoms with E-state index in [4.69, 9.17) is 27.1 Å². The standard InChI is InChI=1S/C31H34ClF2N7OS/c32-20-16-19-24(23(34)22(20)18-4-5-21(33)26-25(18)37-28(35)43-26)38-29(42-17-31-7-2-13-41(31)14-3-8-31)39-27(19)40-12-1-6-30(10-15-40)9-11-36-30/h4-5,16,36H,1-3,6-15,17H2,(H2,35,37). The Labute approximate surface area is 257 Å². The fourth-order valence-electron chi connectivity index (χ4n) is 7.88. The summed E-state index contributed by atoms with van der Waals surface area (Å²) < 4.78 is 38.0. The molecule has 0 bridgehead atoms. The maximum absolute atomic E-state index is 16.8. The molecule has 0 saturated carbocycles. The van der Waals surface area contributed by atoms with Crippen LogP contribution in [0.1, 0.15) is 51.4 Å². The predicted octanol–water partition coefficient (Wildman–Crippen LogP) is 6.15. The number of nitrogens with two attached hydrogens (primary N) is 1. The second-order valence-corrected chi connectivity index (χ2v) is 14.0. The van der Waals surface area contributed by atoms with Crippen molar-refractivity contribution in [3.8, 4) is 17.1 Å². The molecule has 0 amide bonds. The number of halogens is 3. The fourth-order valence-corrected chi connectivity index (χ4v) is 8.94. The summed E-state index contributed by atoms with van der Waals surface area (Å²) in [6.45, 7) is 5.28. The zero-order chi connectivity index (χ0) is 29.3. The van der Waals surface area contributed by atoms with Gasteiger partial charge in [-0.05, 0) is 89.2 Å². The first-order valence-electron chi connectivity index (χ1n) is 15.3. The molecule has 4 saturated heterocycles. The van der Waals surface area contributed by atoms with Crippen molar-refractivity contribution in [2.24, 2.45) is 0 Å². The number of benzene rings is 2. The zero-order valence-corrected chi connectivity index (χ0v) is 25.5. The highest BCUT2D eigenvalue weighted by Gasteiger charge is 2.45. The lowest BCUT2D eigenvalue weighted by Crippen LogP contribution is -2.57. The van der Waals surface area contributed by atoms with Crippen LogP contribution in [-0.4, -0.2) is 70.3 Å². The maximum Gasteiger partial charge on any atom is 0.319 e. The van der Waals surface area contributed by atoms with Gasteiger partial charge < -0.3 is 20.7 Å². The van der Waals surface area contributed by atoms with Gasteiger partial charge >= 0.3 is 6.01 Å². The number of hydrogen-bond donors (Lipinski definition) is 2. The molecule has 43 heavy (non-hydrogen) atoms. The molecule has 2 aromatic carbocycles. The molecule has 4 fully saturated rings. The van der Waals surface area contributed by atoms with Gasteiger partial charge in [0.25, 0.3) is 0 Å². The van der Waals surface area contributed by atoms with E-state index in [-0.39, 0.29) is 48.5 Å². The molecule has 8 nitrogen and oxygen atoms in total. The van der Waals surface area contributed by atoms with Gasteiger partial charge in [-0.2, -0.15) is 9.97 Å². The Morgan fingerprint density at radius 2 is 1.77 bits per heavy atom. The third kappa shape index (κ3) is 4.53. The topological polar surface area (TPSA) is 92.4 Å². The minimum atomic E-state index is -0.607. The number of aromatic nitrogens is 3. The van der Waals surface area contributed by atoms with Crippen LogP contribution in [0, 0.1) is 11.6 Å². The van der Waals surface area contributed by atoms with Gasteiger partial charge in [-0.1, -0.05) is 22.9 Å². The van der Waals surface area contributed by atoms with Crippen molar-refractivity contribution in [2.45, 2.75) is 62.4 Å². The van der Waals surface area contributed by atoms with Gasteiger partial charge in [-0.15, -0.1) is 0 Å². The molecule has 4 aliphatic rings. The summed E-state index contributed by atoms with van der Waals surface area (Å²) in [5.74, 6) is -0.431. The summed E-state index contributed by atoms with van der Waals surface area (Å²) >= 11 is 7.87. The fraction of sp³-hybridized carbons (Fsp3) is 0.516. The number of anilines is 2. The van der Waals surface area contributed by atoms with Gasteiger partial charge in [0.15, 0.2) is 10.9 Å². The highest BCUT2D eigenvalue weighted by Crippen LogP contribution is 2.44. The van der Waals surface area contributed by atoms with Crippen molar-refractivity contribution in [3.05, 3.63) is 34.9 Å². The van der Waals surface area contributed by atoms with Gasteiger partial charge in [0.1, 0.15) is 23.8 Å². The third-order valence-corrected chi connectivity index (χ3v) is 11.4. The van der Waals surface area contributed by atoms with Crippen molar-refractivity contribution in [1.82, 2.24) is 25.2 Å². The van der Waals surface area contributed by atoms with E-state index in [1.165, 1.54) is 18.6 Å². The number of nitrogens with zero attached hydrogens (tertiary/aromatic N) is 5. The quantitative estimate of drug-likeness (QED) is 0.273. The molecule has 1 atom stereocenters. The van der Waals surface area contributed by atoms with E-state index in [2.05, 4.69) is 25.1 Å². The summed E-state index contributed by atoms with van der Waals surface area (Å²) in [6, 6.07) is 4.70. The van der Waals surface area contributed by atoms with Crippen LogP contribution >= 0.6 is 22.9 Å². The molecule has 226 valence electrons. The second-order valence-electron chi connectivity index (χ2n) is 12.6. The van der Waals surface area contributed by atoms with E-state index in [9.17, 15) is 4.39 Å². The average molecular weight is 626 g/mol. The molecule has 12 heteroatoms. The van der Waals surface area contributed by atoms with Gasteiger partial charge in [0, 0.05) is 35.1 Å². The van der Waals surface area contributed by atoms with Crippen LogP contribution in [0.3, 0.4) is 0 Å². The molecule has 4 aromatic rings. The number of fused-ring (bicyclic) bond motifs is 3. The molecule has 2 aromatic heterocycles.